The lowest BCUT2D eigenvalue weighted by atomic mass is 9.78. The summed E-state index contributed by atoms with van der Waals surface area (Å²) in [6.45, 7) is -0.700. The lowest BCUT2D eigenvalue weighted by Gasteiger charge is -2.32. The van der Waals surface area contributed by atoms with Gasteiger partial charge in [-0.1, -0.05) is 35.9 Å². The van der Waals surface area contributed by atoms with Crippen molar-refractivity contribution in [1.82, 2.24) is 10.2 Å². The quantitative estimate of drug-likeness (QED) is 0.697. The van der Waals surface area contributed by atoms with Gasteiger partial charge in [0, 0.05) is 11.4 Å². The number of carbonyl (C=O) groups is 3. The Bertz CT molecular complexity index is 1090. The number of aryl methyl sites for hydroxylation is 1. The molecule has 0 radical (unpaired) electrons. The Labute approximate surface area is 180 Å². The molecule has 0 aromatic heterocycles. The van der Waals surface area contributed by atoms with Crippen molar-refractivity contribution in [3.8, 4) is 0 Å². The molecule has 1 aliphatic carbocycles. The first kappa shape index (κ1) is 21.2. The molecule has 4 amide bonds. The lowest BCUT2D eigenvalue weighted by Crippen LogP contribution is -2.51. The number of anilines is 1. The third kappa shape index (κ3) is 3.97. The Kier molecular flexibility index (Phi) is 5.17. The van der Waals surface area contributed by atoms with E-state index in [1.165, 1.54) is 6.07 Å². The molecule has 1 saturated heterocycles. The predicted octanol–water partition coefficient (Wildman–Crippen LogP) is 3.78. The Balaban J connectivity index is 1.50. The van der Waals surface area contributed by atoms with Gasteiger partial charge in [0.15, 0.2) is 0 Å². The summed E-state index contributed by atoms with van der Waals surface area (Å²) in [6.07, 6.45) is -3.49. The maximum absolute atomic E-state index is 13.2. The first-order valence-corrected chi connectivity index (χ1v) is 9.84. The van der Waals surface area contributed by atoms with E-state index in [1.807, 2.05) is 24.3 Å². The number of imide groups is 1. The molecule has 0 bridgehead atoms. The monoisotopic (exact) mass is 451 g/mol. The highest BCUT2D eigenvalue weighted by molar-refractivity contribution is 6.30. The molecule has 6 nitrogen and oxygen atoms in total. The number of rotatable bonds is 3. The molecular formula is C21H17ClF3N3O3. The molecule has 10 heteroatoms. The van der Waals surface area contributed by atoms with Crippen LogP contribution in [-0.2, 0) is 28.6 Å². The molecule has 1 atom stereocenters. The van der Waals surface area contributed by atoms with Gasteiger partial charge in [-0.2, -0.15) is 13.2 Å². The van der Waals surface area contributed by atoms with E-state index in [1.54, 1.807) is 0 Å². The third-order valence-corrected chi connectivity index (χ3v) is 5.78. The number of amides is 4. The van der Waals surface area contributed by atoms with Gasteiger partial charge < -0.3 is 10.6 Å². The van der Waals surface area contributed by atoms with Crippen molar-refractivity contribution in [1.29, 1.82) is 0 Å². The van der Waals surface area contributed by atoms with E-state index in [2.05, 4.69) is 10.6 Å². The number of benzene rings is 2. The second kappa shape index (κ2) is 7.56. The van der Waals surface area contributed by atoms with E-state index in [-0.39, 0.29) is 5.02 Å². The summed E-state index contributed by atoms with van der Waals surface area (Å²) in [6, 6.07) is 9.75. The first-order chi connectivity index (χ1) is 14.6. The SMILES string of the molecule is O=C(CN1C(=O)N[C@]2(CCc3ccccc3C2)C1=O)Nc1ccc(Cl)cc1C(F)(F)F. The third-order valence-electron chi connectivity index (χ3n) is 5.54. The molecule has 1 spiro atoms. The number of nitrogens with zero attached hydrogens (tertiary/aromatic N) is 1. The van der Waals surface area contributed by atoms with Crippen LogP contribution in [0.15, 0.2) is 42.5 Å². The Morgan fingerprint density at radius 2 is 1.87 bits per heavy atom. The van der Waals surface area contributed by atoms with Crippen molar-refractivity contribution in [3.05, 3.63) is 64.2 Å². The minimum atomic E-state index is -4.74. The molecule has 2 aliphatic rings. The summed E-state index contributed by atoms with van der Waals surface area (Å²) in [5.41, 5.74) is -0.747. The fourth-order valence-electron chi connectivity index (χ4n) is 4.04. The van der Waals surface area contributed by atoms with Crippen LogP contribution < -0.4 is 10.6 Å². The molecule has 1 aliphatic heterocycles. The molecule has 1 fully saturated rings. The average molecular weight is 452 g/mol. The van der Waals surface area contributed by atoms with Crippen molar-refractivity contribution >= 4 is 35.1 Å². The van der Waals surface area contributed by atoms with Crippen LogP contribution in [0.4, 0.5) is 23.7 Å². The Morgan fingerprint density at radius 1 is 1.16 bits per heavy atom. The van der Waals surface area contributed by atoms with Crippen LogP contribution in [0, 0.1) is 0 Å². The van der Waals surface area contributed by atoms with Crippen molar-refractivity contribution in [2.45, 2.75) is 31.0 Å². The van der Waals surface area contributed by atoms with Crippen LogP contribution >= 0.6 is 11.6 Å². The number of alkyl halides is 3. The summed E-state index contributed by atoms with van der Waals surface area (Å²) in [4.78, 5) is 38.6. The molecule has 1 heterocycles. The highest BCUT2D eigenvalue weighted by Crippen LogP contribution is 2.37. The van der Waals surface area contributed by atoms with Crippen LogP contribution in [-0.4, -0.2) is 34.8 Å². The lowest BCUT2D eigenvalue weighted by molar-refractivity contribution is -0.137. The van der Waals surface area contributed by atoms with Gasteiger partial charge >= 0.3 is 12.2 Å². The second-order valence-corrected chi connectivity index (χ2v) is 8.02. The summed E-state index contributed by atoms with van der Waals surface area (Å²) in [7, 11) is 0. The van der Waals surface area contributed by atoms with Gasteiger partial charge in [-0.25, -0.2) is 4.79 Å². The van der Waals surface area contributed by atoms with Crippen molar-refractivity contribution in [2.75, 3.05) is 11.9 Å². The first-order valence-electron chi connectivity index (χ1n) is 9.46. The fraction of sp³-hybridized carbons (Fsp3) is 0.286. The number of fused-ring (bicyclic) bond motifs is 1. The zero-order valence-corrected chi connectivity index (χ0v) is 16.8. The molecule has 162 valence electrons. The van der Waals surface area contributed by atoms with Crippen LogP contribution in [0.5, 0.6) is 0 Å². The fourth-order valence-corrected chi connectivity index (χ4v) is 4.21. The van der Waals surface area contributed by atoms with E-state index in [4.69, 9.17) is 11.6 Å². The number of hydrogen-bond acceptors (Lipinski definition) is 3. The number of halogens is 4. The summed E-state index contributed by atoms with van der Waals surface area (Å²) in [5.74, 6) is -1.49. The largest absolute Gasteiger partial charge is 0.418 e. The van der Waals surface area contributed by atoms with Crippen LogP contribution in [0.2, 0.25) is 5.02 Å². The Morgan fingerprint density at radius 3 is 2.58 bits per heavy atom. The molecule has 4 rings (SSSR count). The summed E-state index contributed by atoms with van der Waals surface area (Å²) >= 11 is 5.64. The summed E-state index contributed by atoms with van der Waals surface area (Å²) < 4.78 is 39.7. The van der Waals surface area contributed by atoms with Gasteiger partial charge in [-0.15, -0.1) is 0 Å². The second-order valence-electron chi connectivity index (χ2n) is 7.58. The topological polar surface area (TPSA) is 78.5 Å². The molecule has 2 aromatic carbocycles. The maximum atomic E-state index is 13.2. The maximum Gasteiger partial charge on any atom is 0.418 e. The zero-order chi connectivity index (χ0) is 22.4. The molecule has 0 saturated carbocycles. The van der Waals surface area contributed by atoms with Gasteiger partial charge in [0.2, 0.25) is 5.91 Å². The van der Waals surface area contributed by atoms with Gasteiger partial charge in [-0.05, 0) is 42.2 Å². The minimum Gasteiger partial charge on any atom is -0.324 e. The molecule has 0 unspecified atom stereocenters. The van der Waals surface area contributed by atoms with Crippen LogP contribution in [0.1, 0.15) is 23.1 Å². The van der Waals surface area contributed by atoms with Crippen LogP contribution in [0.25, 0.3) is 0 Å². The Hall–Kier alpha value is -3.07. The number of carbonyl (C=O) groups excluding carboxylic acids is 3. The molecule has 31 heavy (non-hydrogen) atoms. The normalized spacial score (nSPS) is 20.6. The van der Waals surface area contributed by atoms with E-state index in [0.29, 0.717) is 25.3 Å². The highest BCUT2D eigenvalue weighted by atomic mass is 35.5. The predicted molar refractivity (Wildman–Crippen MR) is 107 cm³/mol. The van der Waals surface area contributed by atoms with Gasteiger partial charge in [0.05, 0.1) is 11.3 Å². The van der Waals surface area contributed by atoms with E-state index < -0.39 is 47.4 Å². The highest BCUT2D eigenvalue weighted by Gasteiger charge is 2.52. The molecular weight excluding hydrogens is 435 g/mol. The van der Waals surface area contributed by atoms with E-state index in [0.717, 1.165) is 22.1 Å². The van der Waals surface area contributed by atoms with Crippen molar-refractivity contribution < 1.29 is 27.6 Å². The molecule has 2 aromatic rings. The minimum absolute atomic E-state index is 0.140. The van der Waals surface area contributed by atoms with Crippen molar-refractivity contribution in [3.63, 3.8) is 0 Å². The van der Waals surface area contributed by atoms with Crippen LogP contribution in [0.3, 0.4) is 0 Å². The summed E-state index contributed by atoms with van der Waals surface area (Å²) in [5, 5.41) is 4.67. The standard InChI is InChI=1S/C21H17ClF3N3O3/c22-14-5-6-16(15(9-14)21(23,24)25)26-17(29)11-28-18(30)20(27-19(28)31)8-7-12-3-1-2-4-13(12)10-20/h1-6,9H,7-8,10-11H2,(H,26,29)(H,27,31)/t20-/m0/s1. The van der Waals surface area contributed by atoms with Gasteiger partial charge in [0.25, 0.3) is 5.91 Å². The number of urea groups is 1. The van der Waals surface area contributed by atoms with Gasteiger partial charge in [0.1, 0.15) is 12.1 Å². The molecule has 2 N–H and O–H groups in total. The number of hydrogen-bond donors (Lipinski definition) is 2. The average Bonchev–Trinajstić information content (AvgIpc) is 2.92. The van der Waals surface area contributed by atoms with E-state index >= 15 is 0 Å². The van der Waals surface area contributed by atoms with E-state index in [9.17, 15) is 27.6 Å². The number of nitrogens with one attached hydrogen (secondary N) is 2. The van der Waals surface area contributed by atoms with Gasteiger partial charge in [-0.3, -0.25) is 14.5 Å². The van der Waals surface area contributed by atoms with Crippen molar-refractivity contribution in [2.24, 2.45) is 0 Å². The smallest absolute Gasteiger partial charge is 0.324 e. The zero-order valence-electron chi connectivity index (χ0n) is 16.1.